The summed E-state index contributed by atoms with van der Waals surface area (Å²) in [6.07, 6.45) is 2.49. The smallest absolute Gasteiger partial charge is 0.319 e. The number of aliphatic carboxylic acids is 1. The lowest BCUT2D eigenvalue weighted by molar-refractivity contribution is -0.142. The van der Waals surface area contributed by atoms with Crippen LogP contribution in [0.5, 0.6) is 0 Å². The van der Waals surface area contributed by atoms with Gasteiger partial charge in [-0.1, -0.05) is 6.07 Å². The zero-order valence-corrected chi connectivity index (χ0v) is 12.6. The molecule has 0 atom stereocenters. The largest absolute Gasteiger partial charge is 0.481 e. The summed E-state index contributed by atoms with van der Waals surface area (Å²) in [5.74, 6) is -1.19. The first-order chi connectivity index (χ1) is 11.0. The summed E-state index contributed by atoms with van der Waals surface area (Å²) in [6, 6.07) is 4.89. The van der Waals surface area contributed by atoms with Gasteiger partial charge in [-0.3, -0.25) is 9.59 Å². The zero-order chi connectivity index (χ0) is 16.4. The molecule has 3 amide bonds. The molecule has 1 saturated carbocycles. The molecule has 0 bridgehead atoms. The number of carbonyl (C=O) groups is 3. The van der Waals surface area contributed by atoms with Gasteiger partial charge in [-0.05, 0) is 37.8 Å². The lowest BCUT2D eigenvalue weighted by Gasteiger charge is -2.27. The quantitative estimate of drug-likeness (QED) is 0.680. The van der Waals surface area contributed by atoms with Crippen LogP contribution < -0.4 is 16.0 Å². The molecule has 0 spiro atoms. The predicted octanol–water partition coefficient (Wildman–Crippen LogP) is 1.69. The van der Waals surface area contributed by atoms with E-state index in [0.717, 1.165) is 5.56 Å². The Kier molecular flexibility index (Phi) is 4.18. The van der Waals surface area contributed by atoms with Gasteiger partial charge >= 0.3 is 12.0 Å². The molecule has 1 aliphatic carbocycles. The molecule has 7 heteroatoms. The van der Waals surface area contributed by atoms with Crippen LogP contribution in [-0.4, -0.2) is 29.1 Å². The second kappa shape index (κ2) is 6.28. The van der Waals surface area contributed by atoms with E-state index in [0.29, 0.717) is 43.5 Å². The summed E-state index contributed by atoms with van der Waals surface area (Å²) in [5.41, 5.74) is 2.00. The van der Waals surface area contributed by atoms with Crippen molar-refractivity contribution in [2.75, 3.05) is 5.32 Å². The summed E-state index contributed by atoms with van der Waals surface area (Å²) in [6.45, 7) is 0.411. The molecule has 7 nitrogen and oxygen atoms in total. The van der Waals surface area contributed by atoms with E-state index in [1.54, 1.807) is 18.2 Å². The second-order valence-electron chi connectivity index (χ2n) is 6.00. The van der Waals surface area contributed by atoms with Crippen molar-refractivity contribution >= 4 is 23.6 Å². The van der Waals surface area contributed by atoms with E-state index in [1.165, 1.54) is 0 Å². The molecule has 3 rings (SSSR count). The predicted molar refractivity (Wildman–Crippen MR) is 83.1 cm³/mol. The summed E-state index contributed by atoms with van der Waals surface area (Å²) in [4.78, 5) is 34.7. The van der Waals surface area contributed by atoms with Crippen molar-refractivity contribution in [3.8, 4) is 0 Å². The highest BCUT2D eigenvalue weighted by atomic mass is 16.4. The van der Waals surface area contributed by atoms with Crippen molar-refractivity contribution in [3.05, 3.63) is 29.3 Å². The molecule has 4 N–H and O–H groups in total. The molecule has 1 fully saturated rings. The van der Waals surface area contributed by atoms with Crippen LogP contribution in [-0.2, 0) is 11.3 Å². The van der Waals surface area contributed by atoms with Crippen molar-refractivity contribution in [1.82, 2.24) is 10.6 Å². The van der Waals surface area contributed by atoms with Crippen LogP contribution >= 0.6 is 0 Å². The van der Waals surface area contributed by atoms with Gasteiger partial charge in [-0.2, -0.15) is 0 Å². The first-order valence-electron chi connectivity index (χ1n) is 7.75. The summed E-state index contributed by atoms with van der Waals surface area (Å²) in [7, 11) is 0. The third-order valence-electron chi connectivity index (χ3n) is 4.51. The van der Waals surface area contributed by atoms with E-state index < -0.39 is 5.97 Å². The van der Waals surface area contributed by atoms with Crippen molar-refractivity contribution in [2.45, 2.75) is 38.3 Å². The molecule has 0 aromatic heterocycles. The van der Waals surface area contributed by atoms with Gasteiger partial charge in [-0.25, -0.2) is 4.79 Å². The van der Waals surface area contributed by atoms with Gasteiger partial charge < -0.3 is 21.1 Å². The number of rotatable bonds is 3. The van der Waals surface area contributed by atoms with E-state index >= 15 is 0 Å². The van der Waals surface area contributed by atoms with Gasteiger partial charge in [0.05, 0.1) is 5.92 Å². The number of hydrogen-bond acceptors (Lipinski definition) is 3. The third kappa shape index (κ3) is 3.28. The number of amides is 3. The van der Waals surface area contributed by atoms with Crippen LogP contribution in [0.3, 0.4) is 0 Å². The highest BCUT2D eigenvalue weighted by Crippen LogP contribution is 2.26. The van der Waals surface area contributed by atoms with E-state index in [1.807, 2.05) is 0 Å². The van der Waals surface area contributed by atoms with Crippen LogP contribution in [0.2, 0.25) is 0 Å². The van der Waals surface area contributed by atoms with Crippen molar-refractivity contribution in [3.63, 3.8) is 0 Å². The van der Waals surface area contributed by atoms with Crippen molar-refractivity contribution in [1.29, 1.82) is 0 Å². The standard InChI is InChI=1S/C16H19N3O4/c20-14-11-2-1-3-13(12(11)8-17-14)19-16(23)18-10-6-4-9(5-7-10)15(21)22/h1-3,9-10H,4-8H2,(H,17,20)(H,21,22)(H2,18,19,23). The SMILES string of the molecule is O=C(Nc1cccc2c1CNC2=O)NC1CCC(C(=O)O)CC1. The fraction of sp³-hybridized carbons (Fsp3) is 0.438. The van der Waals surface area contributed by atoms with Crippen LogP contribution in [0.1, 0.15) is 41.6 Å². The lowest BCUT2D eigenvalue weighted by Crippen LogP contribution is -2.41. The Balaban J connectivity index is 1.57. The Morgan fingerprint density at radius 2 is 1.91 bits per heavy atom. The van der Waals surface area contributed by atoms with Crippen LogP contribution in [0.4, 0.5) is 10.5 Å². The van der Waals surface area contributed by atoms with E-state index in [4.69, 9.17) is 5.11 Å². The number of nitrogens with one attached hydrogen (secondary N) is 3. The minimum absolute atomic E-state index is 0.0119. The minimum atomic E-state index is -0.759. The Morgan fingerprint density at radius 3 is 2.61 bits per heavy atom. The maximum Gasteiger partial charge on any atom is 0.319 e. The van der Waals surface area contributed by atoms with Gasteiger partial charge in [0.15, 0.2) is 0 Å². The Morgan fingerprint density at radius 1 is 1.17 bits per heavy atom. The molecule has 0 unspecified atom stereocenters. The van der Waals surface area contributed by atoms with Crippen LogP contribution in [0.25, 0.3) is 0 Å². The van der Waals surface area contributed by atoms with Gasteiger partial charge in [0, 0.05) is 29.4 Å². The Hall–Kier alpha value is -2.57. The average Bonchev–Trinajstić information content (AvgIpc) is 2.90. The summed E-state index contributed by atoms with van der Waals surface area (Å²) >= 11 is 0. The normalized spacial score (nSPS) is 22.9. The average molecular weight is 317 g/mol. The van der Waals surface area contributed by atoms with Crippen LogP contribution in [0.15, 0.2) is 18.2 Å². The van der Waals surface area contributed by atoms with E-state index in [-0.39, 0.29) is 23.9 Å². The third-order valence-corrected chi connectivity index (χ3v) is 4.51. The molecule has 1 aromatic rings. The highest BCUT2D eigenvalue weighted by molar-refractivity contribution is 6.01. The topological polar surface area (TPSA) is 108 Å². The number of urea groups is 1. The first kappa shape index (κ1) is 15.3. The maximum absolute atomic E-state index is 12.1. The number of benzene rings is 1. The van der Waals surface area contributed by atoms with Gasteiger partial charge in [-0.15, -0.1) is 0 Å². The number of hydrogen-bond donors (Lipinski definition) is 4. The molecular weight excluding hydrogens is 298 g/mol. The molecule has 0 saturated heterocycles. The molecule has 2 aliphatic rings. The first-order valence-corrected chi connectivity index (χ1v) is 7.75. The molecule has 1 heterocycles. The Labute approximate surface area is 133 Å². The molecule has 1 aromatic carbocycles. The fourth-order valence-electron chi connectivity index (χ4n) is 3.20. The van der Waals surface area contributed by atoms with Gasteiger partial charge in [0.1, 0.15) is 0 Å². The summed E-state index contributed by atoms with van der Waals surface area (Å²) < 4.78 is 0. The van der Waals surface area contributed by atoms with E-state index in [9.17, 15) is 14.4 Å². The second-order valence-corrected chi connectivity index (χ2v) is 6.00. The number of fused-ring (bicyclic) bond motifs is 1. The monoisotopic (exact) mass is 317 g/mol. The number of carboxylic acids is 1. The number of carboxylic acid groups (broad SMARTS) is 1. The molecule has 1 aliphatic heterocycles. The highest BCUT2D eigenvalue weighted by Gasteiger charge is 2.27. The van der Waals surface area contributed by atoms with Crippen molar-refractivity contribution < 1.29 is 19.5 Å². The van der Waals surface area contributed by atoms with Gasteiger partial charge in [0.25, 0.3) is 5.91 Å². The molecule has 0 radical (unpaired) electrons. The fourth-order valence-corrected chi connectivity index (χ4v) is 3.20. The molecular formula is C16H19N3O4. The number of anilines is 1. The molecule has 23 heavy (non-hydrogen) atoms. The lowest BCUT2D eigenvalue weighted by atomic mass is 9.86. The van der Waals surface area contributed by atoms with Crippen LogP contribution in [0, 0.1) is 5.92 Å². The number of carbonyl (C=O) groups excluding carboxylic acids is 2. The summed E-state index contributed by atoms with van der Waals surface area (Å²) in [5, 5.41) is 17.4. The molecule has 122 valence electrons. The Bertz CT molecular complexity index is 651. The van der Waals surface area contributed by atoms with Crippen molar-refractivity contribution in [2.24, 2.45) is 5.92 Å². The van der Waals surface area contributed by atoms with Gasteiger partial charge in [0.2, 0.25) is 0 Å². The zero-order valence-electron chi connectivity index (χ0n) is 12.6. The minimum Gasteiger partial charge on any atom is -0.481 e. The van der Waals surface area contributed by atoms with E-state index in [2.05, 4.69) is 16.0 Å². The maximum atomic E-state index is 12.1.